The predicted molar refractivity (Wildman–Crippen MR) is 73.5 cm³/mol. The number of nitrogens with two attached hydrogens (primary N) is 1. The first-order valence-electron chi connectivity index (χ1n) is 6.65. The summed E-state index contributed by atoms with van der Waals surface area (Å²) in [6.07, 6.45) is 2.08. The molecule has 0 spiro atoms. The average Bonchev–Trinajstić information content (AvgIpc) is 3.00. The molecule has 0 unspecified atom stereocenters. The molecule has 110 valence electrons. The van der Waals surface area contributed by atoms with Gasteiger partial charge in [0.1, 0.15) is 23.6 Å². The highest BCUT2D eigenvalue weighted by Gasteiger charge is 2.39. The SMILES string of the molecule is Cc1ccn2cc(C(=O)N3C[C@H](F)C[C@H]3C(N)=O)nc2c1. The lowest BCUT2D eigenvalue weighted by Gasteiger charge is -2.20. The van der Waals surface area contributed by atoms with Gasteiger partial charge >= 0.3 is 0 Å². The zero-order chi connectivity index (χ0) is 15.1. The number of hydrogen-bond donors (Lipinski definition) is 1. The topological polar surface area (TPSA) is 80.7 Å². The van der Waals surface area contributed by atoms with Gasteiger partial charge in [0.15, 0.2) is 0 Å². The fraction of sp³-hybridized carbons (Fsp3) is 0.357. The van der Waals surface area contributed by atoms with Crippen LogP contribution in [-0.2, 0) is 4.79 Å². The number of alkyl halides is 1. The molecule has 1 fully saturated rings. The molecular formula is C14H15FN4O2. The fourth-order valence-corrected chi connectivity index (χ4v) is 2.61. The molecule has 2 amide bonds. The van der Waals surface area contributed by atoms with E-state index in [1.54, 1.807) is 16.8 Å². The Kier molecular flexibility index (Phi) is 3.12. The Bertz CT molecular complexity index is 727. The Morgan fingerprint density at radius 1 is 1.48 bits per heavy atom. The molecule has 1 saturated heterocycles. The van der Waals surface area contributed by atoms with Crippen LogP contribution in [0.15, 0.2) is 24.5 Å². The van der Waals surface area contributed by atoms with Crippen molar-refractivity contribution < 1.29 is 14.0 Å². The van der Waals surface area contributed by atoms with Gasteiger partial charge < -0.3 is 15.0 Å². The zero-order valence-corrected chi connectivity index (χ0v) is 11.5. The van der Waals surface area contributed by atoms with Crippen molar-refractivity contribution in [1.29, 1.82) is 0 Å². The van der Waals surface area contributed by atoms with E-state index in [4.69, 9.17) is 5.73 Å². The molecule has 0 saturated carbocycles. The molecule has 3 rings (SSSR count). The minimum atomic E-state index is -1.23. The Morgan fingerprint density at radius 2 is 2.24 bits per heavy atom. The highest BCUT2D eigenvalue weighted by Crippen LogP contribution is 2.22. The number of fused-ring (bicyclic) bond motifs is 1. The number of rotatable bonds is 2. The molecule has 0 bridgehead atoms. The molecule has 3 heterocycles. The van der Waals surface area contributed by atoms with Gasteiger partial charge in [-0.05, 0) is 24.6 Å². The summed E-state index contributed by atoms with van der Waals surface area (Å²) in [4.78, 5) is 29.2. The third kappa shape index (κ3) is 2.35. The summed E-state index contributed by atoms with van der Waals surface area (Å²) in [5, 5.41) is 0. The van der Waals surface area contributed by atoms with Gasteiger partial charge in [-0.2, -0.15) is 0 Å². The van der Waals surface area contributed by atoms with Crippen LogP contribution >= 0.6 is 0 Å². The maximum atomic E-state index is 13.5. The maximum Gasteiger partial charge on any atom is 0.274 e. The second-order valence-corrected chi connectivity index (χ2v) is 5.30. The summed E-state index contributed by atoms with van der Waals surface area (Å²) in [7, 11) is 0. The smallest absolute Gasteiger partial charge is 0.274 e. The van der Waals surface area contributed by atoms with E-state index in [0.29, 0.717) is 5.65 Å². The number of nitrogens with zero attached hydrogens (tertiary/aromatic N) is 3. The van der Waals surface area contributed by atoms with Crippen LogP contribution in [0.1, 0.15) is 22.5 Å². The van der Waals surface area contributed by atoms with Gasteiger partial charge in [-0.1, -0.05) is 0 Å². The standard InChI is InChI=1S/C14H15FN4O2/c1-8-2-3-18-7-10(17-12(18)4-8)14(21)19-6-9(15)5-11(19)13(16)20/h2-4,7,9,11H,5-6H2,1H3,(H2,16,20)/t9-,11+/m1/s1. The molecule has 6 nitrogen and oxygen atoms in total. The van der Waals surface area contributed by atoms with E-state index in [9.17, 15) is 14.0 Å². The number of primary amides is 1. The summed E-state index contributed by atoms with van der Waals surface area (Å²) in [5.74, 6) is -1.16. The normalized spacial score (nSPS) is 21.9. The first-order chi connectivity index (χ1) is 9.95. The van der Waals surface area contributed by atoms with Crippen LogP contribution in [0, 0.1) is 6.92 Å². The summed E-state index contributed by atoms with van der Waals surface area (Å²) in [6, 6.07) is 2.83. The minimum Gasteiger partial charge on any atom is -0.368 e. The van der Waals surface area contributed by atoms with E-state index in [-0.39, 0.29) is 18.7 Å². The Hall–Kier alpha value is -2.44. The highest BCUT2D eigenvalue weighted by molar-refractivity contribution is 5.96. The number of carbonyl (C=O) groups excluding carboxylic acids is 2. The summed E-state index contributed by atoms with van der Waals surface area (Å²) >= 11 is 0. The molecule has 2 aromatic rings. The van der Waals surface area contributed by atoms with Crippen molar-refractivity contribution in [2.45, 2.75) is 25.6 Å². The molecule has 0 radical (unpaired) electrons. The number of aryl methyl sites for hydroxylation is 1. The van der Waals surface area contributed by atoms with Gasteiger partial charge in [0.2, 0.25) is 5.91 Å². The summed E-state index contributed by atoms with van der Waals surface area (Å²) < 4.78 is 15.2. The van der Waals surface area contributed by atoms with Gasteiger partial charge in [-0.25, -0.2) is 9.37 Å². The molecule has 0 aromatic carbocycles. The third-order valence-electron chi connectivity index (χ3n) is 3.67. The first-order valence-corrected chi connectivity index (χ1v) is 6.65. The molecule has 2 atom stereocenters. The van der Waals surface area contributed by atoms with E-state index in [0.717, 1.165) is 5.56 Å². The van der Waals surface area contributed by atoms with Crippen molar-refractivity contribution in [2.75, 3.05) is 6.54 Å². The van der Waals surface area contributed by atoms with Crippen LogP contribution in [0.4, 0.5) is 4.39 Å². The lowest BCUT2D eigenvalue weighted by molar-refractivity contribution is -0.121. The Balaban J connectivity index is 1.94. The lowest BCUT2D eigenvalue weighted by atomic mass is 10.2. The average molecular weight is 290 g/mol. The monoisotopic (exact) mass is 290 g/mol. The molecule has 1 aliphatic rings. The minimum absolute atomic E-state index is 0.0481. The molecule has 2 N–H and O–H groups in total. The van der Waals surface area contributed by atoms with Gasteiger partial charge in [0.25, 0.3) is 5.91 Å². The quantitative estimate of drug-likeness (QED) is 0.883. The van der Waals surface area contributed by atoms with Crippen molar-refractivity contribution in [2.24, 2.45) is 5.73 Å². The molecule has 7 heteroatoms. The van der Waals surface area contributed by atoms with Crippen LogP contribution in [-0.4, -0.2) is 44.9 Å². The van der Waals surface area contributed by atoms with Crippen LogP contribution in [0.25, 0.3) is 5.65 Å². The number of amides is 2. The molecule has 2 aromatic heterocycles. The molecule has 0 aliphatic carbocycles. The second kappa shape index (κ2) is 4.83. The van der Waals surface area contributed by atoms with E-state index in [2.05, 4.69) is 4.98 Å². The van der Waals surface area contributed by atoms with E-state index in [1.165, 1.54) is 4.90 Å². The third-order valence-corrected chi connectivity index (χ3v) is 3.67. The van der Waals surface area contributed by atoms with Gasteiger partial charge in [0.05, 0.1) is 6.54 Å². The molecule has 1 aliphatic heterocycles. The van der Waals surface area contributed by atoms with Gasteiger partial charge in [-0.15, -0.1) is 0 Å². The van der Waals surface area contributed by atoms with Crippen molar-refractivity contribution in [3.63, 3.8) is 0 Å². The van der Waals surface area contributed by atoms with Crippen molar-refractivity contribution in [3.8, 4) is 0 Å². The van der Waals surface area contributed by atoms with E-state index >= 15 is 0 Å². The number of carbonyl (C=O) groups is 2. The van der Waals surface area contributed by atoms with Crippen molar-refractivity contribution in [3.05, 3.63) is 35.8 Å². The van der Waals surface area contributed by atoms with Gasteiger partial charge in [-0.3, -0.25) is 9.59 Å². The summed E-state index contributed by atoms with van der Waals surface area (Å²) in [6.45, 7) is 1.80. The van der Waals surface area contributed by atoms with Crippen LogP contribution in [0.2, 0.25) is 0 Å². The van der Waals surface area contributed by atoms with Crippen molar-refractivity contribution in [1.82, 2.24) is 14.3 Å². The zero-order valence-electron chi connectivity index (χ0n) is 11.5. The number of pyridine rings is 1. The van der Waals surface area contributed by atoms with E-state index < -0.39 is 24.0 Å². The number of hydrogen-bond acceptors (Lipinski definition) is 3. The second-order valence-electron chi connectivity index (χ2n) is 5.30. The molecular weight excluding hydrogens is 275 g/mol. The highest BCUT2D eigenvalue weighted by atomic mass is 19.1. The number of likely N-dealkylation sites (tertiary alicyclic amines) is 1. The Morgan fingerprint density at radius 3 is 2.95 bits per heavy atom. The summed E-state index contributed by atoms with van der Waals surface area (Å²) in [5.41, 5.74) is 7.07. The predicted octanol–water partition coefficient (Wildman–Crippen LogP) is 0.681. The number of aromatic nitrogens is 2. The van der Waals surface area contributed by atoms with Crippen LogP contribution < -0.4 is 5.73 Å². The molecule has 21 heavy (non-hydrogen) atoms. The maximum absolute atomic E-state index is 13.5. The Labute approximate surface area is 120 Å². The largest absolute Gasteiger partial charge is 0.368 e. The van der Waals surface area contributed by atoms with Crippen molar-refractivity contribution >= 4 is 17.5 Å². The lowest BCUT2D eigenvalue weighted by Crippen LogP contribution is -2.43. The number of halogens is 1. The number of imidazole rings is 1. The van der Waals surface area contributed by atoms with Crippen LogP contribution in [0.3, 0.4) is 0 Å². The van der Waals surface area contributed by atoms with E-state index in [1.807, 2.05) is 19.1 Å². The fourth-order valence-electron chi connectivity index (χ4n) is 2.61. The van der Waals surface area contributed by atoms with Crippen LogP contribution in [0.5, 0.6) is 0 Å². The van der Waals surface area contributed by atoms with Gasteiger partial charge in [0, 0.05) is 18.8 Å². The first kappa shape index (κ1) is 13.5.